The van der Waals surface area contributed by atoms with Crippen LogP contribution in [0.3, 0.4) is 0 Å². The van der Waals surface area contributed by atoms with Crippen molar-refractivity contribution < 1.29 is 9.53 Å². The number of hydrogen-bond acceptors (Lipinski definition) is 3. The maximum Gasteiger partial charge on any atom is 0.255 e. The highest BCUT2D eigenvalue weighted by molar-refractivity contribution is 6.30. The summed E-state index contributed by atoms with van der Waals surface area (Å²) in [6.45, 7) is 0. The van der Waals surface area contributed by atoms with Gasteiger partial charge in [-0.2, -0.15) is 0 Å². The standard InChI is InChI=1S/C11H13ClN2O2/c1-16-10-4-6(12)2-3-7(10)11(15)14-9-5-8(9)13/h2-4,8-9H,5,13H2,1H3,(H,14,15). The fourth-order valence-corrected chi connectivity index (χ4v) is 1.64. The van der Waals surface area contributed by atoms with Crippen LogP contribution < -0.4 is 15.8 Å². The van der Waals surface area contributed by atoms with Crippen LogP contribution in [0.15, 0.2) is 18.2 Å². The molecule has 1 amide bonds. The molecule has 1 fully saturated rings. The predicted octanol–water partition coefficient (Wildman–Crippen LogP) is 1.18. The molecule has 1 aliphatic rings. The van der Waals surface area contributed by atoms with Crippen molar-refractivity contribution in [2.75, 3.05) is 7.11 Å². The molecule has 4 nitrogen and oxygen atoms in total. The first-order valence-electron chi connectivity index (χ1n) is 5.02. The Labute approximate surface area is 98.7 Å². The van der Waals surface area contributed by atoms with E-state index in [-0.39, 0.29) is 18.0 Å². The van der Waals surface area contributed by atoms with Gasteiger partial charge < -0.3 is 15.8 Å². The first-order chi connectivity index (χ1) is 7.61. The Hall–Kier alpha value is -1.26. The maximum atomic E-state index is 11.8. The van der Waals surface area contributed by atoms with Gasteiger partial charge in [0.1, 0.15) is 5.75 Å². The van der Waals surface area contributed by atoms with E-state index in [1.165, 1.54) is 7.11 Å². The van der Waals surface area contributed by atoms with E-state index < -0.39 is 0 Å². The van der Waals surface area contributed by atoms with Crippen molar-refractivity contribution in [1.29, 1.82) is 0 Å². The van der Waals surface area contributed by atoms with Crippen molar-refractivity contribution in [1.82, 2.24) is 5.32 Å². The number of carbonyl (C=O) groups is 1. The van der Waals surface area contributed by atoms with Crippen LogP contribution in [0.4, 0.5) is 0 Å². The molecule has 0 saturated heterocycles. The largest absolute Gasteiger partial charge is 0.496 e. The molecule has 1 aromatic carbocycles. The molecule has 3 N–H and O–H groups in total. The second kappa shape index (κ2) is 4.31. The summed E-state index contributed by atoms with van der Waals surface area (Å²) in [6.07, 6.45) is 0.835. The van der Waals surface area contributed by atoms with Crippen molar-refractivity contribution in [3.8, 4) is 5.75 Å². The van der Waals surface area contributed by atoms with Crippen LogP contribution in [0.5, 0.6) is 5.75 Å². The first-order valence-corrected chi connectivity index (χ1v) is 5.39. The highest BCUT2D eigenvalue weighted by Crippen LogP contribution is 2.24. The molecule has 1 aliphatic carbocycles. The second-order valence-electron chi connectivity index (χ2n) is 3.82. The number of nitrogens with two attached hydrogens (primary N) is 1. The molecule has 5 heteroatoms. The molecule has 0 spiro atoms. The third kappa shape index (κ3) is 2.28. The van der Waals surface area contributed by atoms with E-state index in [0.29, 0.717) is 16.3 Å². The van der Waals surface area contributed by atoms with Crippen LogP contribution in [0.2, 0.25) is 5.02 Å². The Kier molecular flexibility index (Phi) is 3.03. The van der Waals surface area contributed by atoms with Crippen LogP contribution in [0, 0.1) is 0 Å². The van der Waals surface area contributed by atoms with E-state index in [1.54, 1.807) is 18.2 Å². The van der Waals surface area contributed by atoms with E-state index in [2.05, 4.69) is 5.32 Å². The molecule has 1 saturated carbocycles. The van der Waals surface area contributed by atoms with E-state index in [4.69, 9.17) is 22.1 Å². The van der Waals surface area contributed by atoms with Gasteiger partial charge in [-0.15, -0.1) is 0 Å². The summed E-state index contributed by atoms with van der Waals surface area (Å²) in [7, 11) is 1.51. The topological polar surface area (TPSA) is 64.3 Å². The molecule has 16 heavy (non-hydrogen) atoms. The lowest BCUT2D eigenvalue weighted by Crippen LogP contribution is -2.29. The predicted molar refractivity (Wildman–Crippen MR) is 61.9 cm³/mol. The minimum Gasteiger partial charge on any atom is -0.496 e. The van der Waals surface area contributed by atoms with Gasteiger partial charge in [0.2, 0.25) is 0 Å². The summed E-state index contributed by atoms with van der Waals surface area (Å²) < 4.78 is 5.10. The number of nitrogens with one attached hydrogen (secondary N) is 1. The molecule has 0 radical (unpaired) electrons. The quantitative estimate of drug-likeness (QED) is 0.834. The number of amides is 1. The Morgan fingerprint density at radius 1 is 1.62 bits per heavy atom. The maximum absolute atomic E-state index is 11.8. The molecule has 0 aliphatic heterocycles. The molecule has 0 bridgehead atoms. The summed E-state index contributed by atoms with van der Waals surface area (Å²) in [6, 6.07) is 5.09. The Morgan fingerprint density at radius 3 is 2.88 bits per heavy atom. The molecule has 1 aromatic rings. The van der Waals surface area contributed by atoms with Crippen LogP contribution in [-0.2, 0) is 0 Å². The average Bonchev–Trinajstić information content (AvgIpc) is 2.93. The summed E-state index contributed by atoms with van der Waals surface area (Å²) in [5, 5.41) is 3.37. The van der Waals surface area contributed by atoms with E-state index >= 15 is 0 Å². The summed E-state index contributed by atoms with van der Waals surface area (Å²) >= 11 is 5.81. The average molecular weight is 241 g/mol. The number of methoxy groups -OCH3 is 1. The third-order valence-electron chi connectivity index (χ3n) is 2.56. The van der Waals surface area contributed by atoms with Crippen molar-refractivity contribution in [2.45, 2.75) is 18.5 Å². The number of ether oxygens (including phenoxy) is 1. The van der Waals surface area contributed by atoms with Crippen LogP contribution in [0.25, 0.3) is 0 Å². The minimum absolute atomic E-state index is 0.0854. The first kappa shape index (κ1) is 11.2. The van der Waals surface area contributed by atoms with Crippen molar-refractivity contribution >= 4 is 17.5 Å². The van der Waals surface area contributed by atoms with Gasteiger partial charge in [-0.1, -0.05) is 11.6 Å². The molecule has 0 aromatic heterocycles. The van der Waals surface area contributed by atoms with Gasteiger partial charge in [0.25, 0.3) is 5.91 Å². The number of halogens is 1. The summed E-state index contributed by atoms with van der Waals surface area (Å²) in [5.74, 6) is 0.297. The van der Waals surface area contributed by atoms with E-state index in [1.807, 2.05) is 0 Å². The van der Waals surface area contributed by atoms with Gasteiger partial charge in [0, 0.05) is 17.1 Å². The molecule has 0 heterocycles. The highest BCUT2D eigenvalue weighted by Gasteiger charge is 2.35. The Bertz CT molecular complexity index is 422. The molecular weight excluding hydrogens is 228 g/mol. The van der Waals surface area contributed by atoms with Gasteiger partial charge >= 0.3 is 0 Å². The lowest BCUT2D eigenvalue weighted by Gasteiger charge is -2.09. The van der Waals surface area contributed by atoms with Gasteiger partial charge in [-0.05, 0) is 24.6 Å². The molecule has 2 unspecified atom stereocenters. The SMILES string of the molecule is COc1cc(Cl)ccc1C(=O)NC1CC1N. The minimum atomic E-state index is -0.175. The fourth-order valence-electron chi connectivity index (χ4n) is 1.48. The smallest absolute Gasteiger partial charge is 0.255 e. The van der Waals surface area contributed by atoms with Crippen LogP contribution >= 0.6 is 11.6 Å². The van der Waals surface area contributed by atoms with Crippen molar-refractivity contribution in [3.63, 3.8) is 0 Å². The molecule has 2 rings (SSSR count). The zero-order chi connectivity index (χ0) is 11.7. The lowest BCUT2D eigenvalue weighted by molar-refractivity contribution is 0.0947. The highest BCUT2D eigenvalue weighted by atomic mass is 35.5. The van der Waals surface area contributed by atoms with E-state index in [9.17, 15) is 4.79 Å². The zero-order valence-corrected chi connectivity index (χ0v) is 9.62. The van der Waals surface area contributed by atoms with Crippen molar-refractivity contribution in [3.05, 3.63) is 28.8 Å². The fraction of sp³-hybridized carbons (Fsp3) is 0.364. The molecule has 86 valence electrons. The monoisotopic (exact) mass is 240 g/mol. The van der Waals surface area contributed by atoms with Crippen molar-refractivity contribution in [2.24, 2.45) is 5.73 Å². The van der Waals surface area contributed by atoms with E-state index in [0.717, 1.165) is 6.42 Å². The van der Waals surface area contributed by atoms with Gasteiger partial charge in [-0.25, -0.2) is 0 Å². The number of carbonyl (C=O) groups excluding carboxylic acids is 1. The van der Waals surface area contributed by atoms with Gasteiger partial charge in [0.05, 0.1) is 12.7 Å². The normalized spacial score (nSPS) is 22.7. The molecule has 2 atom stereocenters. The number of rotatable bonds is 3. The van der Waals surface area contributed by atoms with Crippen LogP contribution in [-0.4, -0.2) is 25.1 Å². The van der Waals surface area contributed by atoms with Gasteiger partial charge in [-0.3, -0.25) is 4.79 Å². The zero-order valence-electron chi connectivity index (χ0n) is 8.87. The summed E-state index contributed by atoms with van der Waals surface area (Å²) in [5.41, 5.74) is 6.10. The Balaban J connectivity index is 2.15. The Morgan fingerprint density at radius 2 is 2.31 bits per heavy atom. The molecular formula is C11H13ClN2O2. The number of benzene rings is 1. The number of hydrogen-bond donors (Lipinski definition) is 2. The van der Waals surface area contributed by atoms with Gasteiger partial charge in [0.15, 0.2) is 0 Å². The second-order valence-corrected chi connectivity index (χ2v) is 4.26. The van der Waals surface area contributed by atoms with Crippen LogP contribution in [0.1, 0.15) is 16.8 Å². The third-order valence-corrected chi connectivity index (χ3v) is 2.80. The lowest BCUT2D eigenvalue weighted by atomic mass is 10.2. The summed E-state index contributed by atoms with van der Waals surface area (Å²) in [4.78, 5) is 11.8.